The molecular formula is C14H23NO3. The summed E-state index contributed by atoms with van der Waals surface area (Å²) >= 11 is 0. The molecule has 0 amide bonds. The minimum atomic E-state index is -0.316. The lowest BCUT2D eigenvalue weighted by Gasteiger charge is -2.27. The third-order valence-electron chi connectivity index (χ3n) is 3.59. The molecule has 0 heterocycles. The number of nitrogens with zero attached hydrogens (tertiary/aromatic N) is 1. The normalized spacial score (nSPS) is 24.3. The van der Waals surface area contributed by atoms with E-state index in [0.717, 1.165) is 32.1 Å². The topological polar surface area (TPSA) is 59.3 Å². The molecule has 0 N–H and O–H groups in total. The van der Waals surface area contributed by atoms with Gasteiger partial charge in [-0.2, -0.15) is 5.26 Å². The van der Waals surface area contributed by atoms with Crippen molar-refractivity contribution in [2.75, 3.05) is 13.7 Å². The van der Waals surface area contributed by atoms with Crippen LogP contribution in [0.15, 0.2) is 0 Å². The maximum atomic E-state index is 11.4. The van der Waals surface area contributed by atoms with Crippen LogP contribution in [-0.4, -0.2) is 25.8 Å². The summed E-state index contributed by atoms with van der Waals surface area (Å²) < 4.78 is 10.5. The number of hydrogen-bond acceptors (Lipinski definition) is 4. The lowest BCUT2D eigenvalue weighted by Crippen LogP contribution is -2.27. The van der Waals surface area contributed by atoms with E-state index in [1.165, 1.54) is 7.11 Å². The average Bonchev–Trinajstić information content (AvgIpc) is 2.38. The van der Waals surface area contributed by atoms with Crippen LogP contribution in [0, 0.1) is 22.7 Å². The van der Waals surface area contributed by atoms with Crippen molar-refractivity contribution >= 4 is 5.97 Å². The standard InChI is InChI=1S/C14H23NO3/c1-14(2,10-15)8-9-18-12-6-4-11(5-7-12)13(16)17-3/h11-12H,4-9H2,1-3H3. The number of carbonyl (C=O) groups is 1. The first-order valence-corrected chi connectivity index (χ1v) is 6.59. The maximum absolute atomic E-state index is 11.4. The molecule has 4 nitrogen and oxygen atoms in total. The van der Waals surface area contributed by atoms with Crippen molar-refractivity contribution in [2.24, 2.45) is 11.3 Å². The molecule has 0 aliphatic heterocycles. The van der Waals surface area contributed by atoms with Crippen LogP contribution in [0.25, 0.3) is 0 Å². The highest BCUT2D eigenvalue weighted by Crippen LogP contribution is 2.28. The van der Waals surface area contributed by atoms with Crippen LogP contribution in [0.5, 0.6) is 0 Å². The van der Waals surface area contributed by atoms with Gasteiger partial charge in [0.25, 0.3) is 0 Å². The van der Waals surface area contributed by atoms with Crippen LogP contribution in [-0.2, 0) is 14.3 Å². The zero-order valence-electron chi connectivity index (χ0n) is 11.6. The van der Waals surface area contributed by atoms with E-state index in [1.807, 2.05) is 13.8 Å². The van der Waals surface area contributed by atoms with E-state index in [-0.39, 0.29) is 23.4 Å². The highest BCUT2D eigenvalue weighted by Gasteiger charge is 2.27. The molecule has 0 aromatic rings. The predicted octanol–water partition coefficient (Wildman–Crippen LogP) is 2.67. The molecule has 1 rings (SSSR count). The molecule has 0 aromatic carbocycles. The molecular weight excluding hydrogens is 230 g/mol. The summed E-state index contributed by atoms with van der Waals surface area (Å²) in [5.74, 6) is -0.0514. The Morgan fingerprint density at radius 2 is 1.94 bits per heavy atom. The number of hydrogen-bond donors (Lipinski definition) is 0. The molecule has 0 bridgehead atoms. The van der Waals surface area contributed by atoms with Crippen LogP contribution >= 0.6 is 0 Å². The largest absolute Gasteiger partial charge is 0.469 e. The fourth-order valence-electron chi connectivity index (χ4n) is 2.17. The third kappa shape index (κ3) is 4.66. The van der Waals surface area contributed by atoms with E-state index < -0.39 is 0 Å². The molecule has 18 heavy (non-hydrogen) atoms. The smallest absolute Gasteiger partial charge is 0.308 e. The number of carbonyl (C=O) groups excluding carboxylic acids is 1. The van der Waals surface area contributed by atoms with Gasteiger partial charge in [-0.1, -0.05) is 0 Å². The van der Waals surface area contributed by atoms with Crippen molar-refractivity contribution in [1.29, 1.82) is 5.26 Å². The minimum Gasteiger partial charge on any atom is -0.469 e. The van der Waals surface area contributed by atoms with Crippen LogP contribution in [0.4, 0.5) is 0 Å². The number of ether oxygens (including phenoxy) is 2. The fourth-order valence-corrected chi connectivity index (χ4v) is 2.17. The summed E-state index contributed by atoms with van der Waals surface area (Å²) in [6.45, 7) is 4.46. The van der Waals surface area contributed by atoms with Gasteiger partial charge < -0.3 is 9.47 Å². The molecule has 1 aliphatic rings. The van der Waals surface area contributed by atoms with Crippen molar-refractivity contribution < 1.29 is 14.3 Å². The monoisotopic (exact) mass is 253 g/mol. The first-order chi connectivity index (χ1) is 8.48. The van der Waals surface area contributed by atoms with Gasteiger partial charge in [-0.3, -0.25) is 4.79 Å². The Kier molecular flexibility index (Phi) is 5.61. The third-order valence-corrected chi connectivity index (χ3v) is 3.59. The second-order valence-electron chi connectivity index (χ2n) is 5.61. The van der Waals surface area contributed by atoms with Gasteiger partial charge in [-0.15, -0.1) is 0 Å². The van der Waals surface area contributed by atoms with Crippen molar-refractivity contribution in [2.45, 2.75) is 52.1 Å². The van der Waals surface area contributed by atoms with E-state index in [2.05, 4.69) is 6.07 Å². The number of methoxy groups -OCH3 is 1. The number of esters is 1. The van der Waals surface area contributed by atoms with Gasteiger partial charge in [-0.05, 0) is 46.0 Å². The van der Waals surface area contributed by atoms with Crippen LogP contribution in [0.2, 0.25) is 0 Å². The van der Waals surface area contributed by atoms with E-state index in [9.17, 15) is 4.79 Å². The second-order valence-corrected chi connectivity index (χ2v) is 5.61. The quantitative estimate of drug-likeness (QED) is 0.707. The maximum Gasteiger partial charge on any atom is 0.308 e. The van der Waals surface area contributed by atoms with Crippen LogP contribution in [0.1, 0.15) is 46.0 Å². The summed E-state index contributed by atoms with van der Waals surface area (Å²) in [6.07, 6.45) is 4.50. The van der Waals surface area contributed by atoms with Crippen molar-refractivity contribution in [3.63, 3.8) is 0 Å². The lowest BCUT2D eigenvalue weighted by molar-refractivity contribution is -0.147. The first-order valence-electron chi connectivity index (χ1n) is 6.59. The molecule has 0 radical (unpaired) electrons. The SMILES string of the molecule is COC(=O)C1CCC(OCCC(C)(C)C#N)CC1. The summed E-state index contributed by atoms with van der Waals surface area (Å²) in [7, 11) is 1.44. The zero-order valence-corrected chi connectivity index (χ0v) is 11.6. The Morgan fingerprint density at radius 3 is 2.44 bits per heavy atom. The fraction of sp³-hybridized carbons (Fsp3) is 0.857. The molecule has 1 aliphatic carbocycles. The van der Waals surface area contributed by atoms with Gasteiger partial charge in [0.2, 0.25) is 0 Å². The lowest BCUT2D eigenvalue weighted by atomic mass is 9.87. The predicted molar refractivity (Wildman–Crippen MR) is 67.7 cm³/mol. The van der Waals surface area contributed by atoms with Gasteiger partial charge in [0, 0.05) is 6.61 Å². The average molecular weight is 253 g/mol. The summed E-state index contributed by atoms with van der Waals surface area (Å²) in [4.78, 5) is 11.4. The van der Waals surface area contributed by atoms with Gasteiger partial charge >= 0.3 is 5.97 Å². The van der Waals surface area contributed by atoms with Gasteiger partial charge in [-0.25, -0.2) is 0 Å². The molecule has 0 spiro atoms. The highest BCUT2D eigenvalue weighted by atomic mass is 16.5. The van der Waals surface area contributed by atoms with Crippen LogP contribution < -0.4 is 0 Å². The molecule has 0 aromatic heterocycles. The Labute approximate surface area is 109 Å². The zero-order chi connectivity index (χ0) is 13.6. The number of nitriles is 1. The van der Waals surface area contributed by atoms with Crippen LogP contribution in [0.3, 0.4) is 0 Å². The van der Waals surface area contributed by atoms with Gasteiger partial charge in [0.1, 0.15) is 0 Å². The molecule has 1 fully saturated rings. The number of rotatable bonds is 5. The highest BCUT2D eigenvalue weighted by molar-refractivity contribution is 5.72. The molecule has 1 saturated carbocycles. The van der Waals surface area contributed by atoms with Gasteiger partial charge in [0.15, 0.2) is 0 Å². The van der Waals surface area contributed by atoms with Crippen molar-refractivity contribution in [3.05, 3.63) is 0 Å². The first kappa shape index (κ1) is 15.0. The second kappa shape index (κ2) is 6.75. The van der Waals surface area contributed by atoms with E-state index in [1.54, 1.807) is 0 Å². The molecule has 0 atom stereocenters. The van der Waals surface area contributed by atoms with Crippen molar-refractivity contribution in [1.82, 2.24) is 0 Å². The minimum absolute atomic E-state index is 0.0467. The molecule has 4 heteroatoms. The molecule has 0 saturated heterocycles. The Balaban J connectivity index is 2.21. The van der Waals surface area contributed by atoms with Crippen molar-refractivity contribution in [3.8, 4) is 6.07 Å². The summed E-state index contributed by atoms with van der Waals surface area (Å²) in [5.41, 5.74) is -0.316. The van der Waals surface area contributed by atoms with Gasteiger partial charge in [0.05, 0.1) is 30.6 Å². The molecule has 102 valence electrons. The van der Waals surface area contributed by atoms with E-state index in [0.29, 0.717) is 6.61 Å². The van der Waals surface area contributed by atoms with E-state index >= 15 is 0 Å². The summed E-state index contributed by atoms with van der Waals surface area (Å²) in [6, 6.07) is 2.27. The van der Waals surface area contributed by atoms with E-state index in [4.69, 9.17) is 14.7 Å². The molecule has 0 unspecified atom stereocenters. The Hall–Kier alpha value is -1.08. The Morgan fingerprint density at radius 1 is 1.33 bits per heavy atom. The Bertz CT molecular complexity index is 311. The summed E-state index contributed by atoms with van der Waals surface area (Å²) in [5, 5.41) is 8.90.